The van der Waals surface area contributed by atoms with Crippen molar-refractivity contribution in [3.8, 4) is 0 Å². The van der Waals surface area contributed by atoms with Crippen LogP contribution in [0.5, 0.6) is 0 Å². The van der Waals surface area contributed by atoms with Gasteiger partial charge in [0.15, 0.2) is 0 Å². The van der Waals surface area contributed by atoms with Crippen molar-refractivity contribution < 1.29 is 13.2 Å². The van der Waals surface area contributed by atoms with Gasteiger partial charge in [0.1, 0.15) is 0 Å². The molecule has 140 valence electrons. The van der Waals surface area contributed by atoms with Crippen molar-refractivity contribution in [2.45, 2.75) is 45.2 Å². The molecule has 1 saturated heterocycles. The van der Waals surface area contributed by atoms with Crippen molar-refractivity contribution in [1.29, 1.82) is 0 Å². The lowest BCUT2D eigenvalue weighted by Crippen LogP contribution is -2.48. The van der Waals surface area contributed by atoms with Crippen LogP contribution in [0.15, 0.2) is 30.3 Å². The van der Waals surface area contributed by atoms with E-state index in [1.165, 1.54) is 4.31 Å². The van der Waals surface area contributed by atoms with Crippen molar-refractivity contribution in [1.82, 2.24) is 9.62 Å². The third kappa shape index (κ3) is 5.26. The summed E-state index contributed by atoms with van der Waals surface area (Å²) in [5.41, 5.74) is 7.14. The number of nitrogens with zero attached hydrogens (tertiary/aromatic N) is 1. The summed E-state index contributed by atoms with van der Waals surface area (Å²) < 4.78 is 25.7. The maximum atomic E-state index is 12.5. The Morgan fingerprint density at radius 1 is 1.28 bits per heavy atom. The largest absolute Gasteiger partial charge is 0.353 e. The molecular weight excluding hydrogens is 338 g/mol. The summed E-state index contributed by atoms with van der Waals surface area (Å²) in [6, 6.07) is 9.23. The summed E-state index contributed by atoms with van der Waals surface area (Å²) >= 11 is 0. The molecule has 1 aromatic rings. The molecule has 3 N–H and O–H groups in total. The Balaban J connectivity index is 1.86. The van der Waals surface area contributed by atoms with E-state index in [9.17, 15) is 13.2 Å². The molecule has 0 bridgehead atoms. The molecule has 2 rings (SSSR count). The average Bonchev–Trinajstić information content (AvgIpc) is 2.61. The SMILES string of the molecule is CCCS(=O)(=O)N1CCC(NC(=O)C(C)C(N)c2ccccc2)CC1. The third-order valence-corrected chi connectivity index (χ3v) is 6.87. The molecule has 2 unspecified atom stereocenters. The Morgan fingerprint density at radius 2 is 1.88 bits per heavy atom. The lowest BCUT2D eigenvalue weighted by Gasteiger charge is -2.32. The van der Waals surface area contributed by atoms with E-state index in [-0.39, 0.29) is 29.7 Å². The van der Waals surface area contributed by atoms with Crippen LogP contribution in [0.3, 0.4) is 0 Å². The van der Waals surface area contributed by atoms with Gasteiger partial charge in [-0.25, -0.2) is 12.7 Å². The second-order valence-electron chi connectivity index (χ2n) is 6.72. The number of nitrogens with two attached hydrogens (primary N) is 1. The van der Waals surface area contributed by atoms with Gasteiger partial charge in [0.2, 0.25) is 15.9 Å². The predicted octanol–water partition coefficient (Wildman–Crippen LogP) is 1.64. The lowest BCUT2D eigenvalue weighted by molar-refractivity contribution is -0.126. The molecule has 7 heteroatoms. The highest BCUT2D eigenvalue weighted by atomic mass is 32.2. The molecule has 1 heterocycles. The molecule has 0 aromatic heterocycles. The van der Waals surface area contributed by atoms with Crippen LogP contribution in [0.25, 0.3) is 0 Å². The normalized spacial score (nSPS) is 19.3. The van der Waals surface area contributed by atoms with Crippen molar-refractivity contribution >= 4 is 15.9 Å². The second kappa shape index (κ2) is 8.78. The first-order valence-corrected chi connectivity index (χ1v) is 10.5. The van der Waals surface area contributed by atoms with Gasteiger partial charge in [-0.05, 0) is 24.8 Å². The lowest BCUT2D eigenvalue weighted by atomic mass is 9.94. The number of carbonyl (C=O) groups excluding carboxylic acids is 1. The first kappa shape index (κ1) is 19.9. The van der Waals surface area contributed by atoms with E-state index >= 15 is 0 Å². The molecule has 0 radical (unpaired) electrons. The highest BCUT2D eigenvalue weighted by Gasteiger charge is 2.30. The number of hydrogen-bond donors (Lipinski definition) is 2. The van der Waals surface area contributed by atoms with Crippen LogP contribution in [-0.4, -0.2) is 43.5 Å². The van der Waals surface area contributed by atoms with Crippen molar-refractivity contribution in [3.05, 3.63) is 35.9 Å². The molecule has 1 fully saturated rings. The number of hydrogen-bond acceptors (Lipinski definition) is 4. The highest BCUT2D eigenvalue weighted by molar-refractivity contribution is 7.89. The summed E-state index contributed by atoms with van der Waals surface area (Å²) in [5.74, 6) is -0.233. The van der Waals surface area contributed by atoms with E-state index in [2.05, 4.69) is 5.32 Å². The fraction of sp³-hybridized carbons (Fsp3) is 0.611. The van der Waals surface area contributed by atoms with Gasteiger partial charge in [0.05, 0.1) is 11.7 Å². The predicted molar refractivity (Wildman–Crippen MR) is 99.3 cm³/mol. The number of carbonyl (C=O) groups is 1. The smallest absolute Gasteiger partial charge is 0.224 e. The minimum Gasteiger partial charge on any atom is -0.353 e. The molecule has 0 aliphatic carbocycles. The maximum Gasteiger partial charge on any atom is 0.224 e. The molecule has 0 saturated carbocycles. The van der Waals surface area contributed by atoms with E-state index < -0.39 is 10.0 Å². The fourth-order valence-electron chi connectivity index (χ4n) is 3.13. The summed E-state index contributed by atoms with van der Waals surface area (Å²) in [6.45, 7) is 4.62. The van der Waals surface area contributed by atoms with Crippen LogP contribution < -0.4 is 11.1 Å². The van der Waals surface area contributed by atoms with Crippen LogP contribution in [0.1, 0.15) is 44.7 Å². The number of piperidine rings is 1. The molecule has 1 aromatic carbocycles. The van der Waals surface area contributed by atoms with E-state index in [1.807, 2.05) is 44.2 Å². The second-order valence-corrected chi connectivity index (χ2v) is 8.81. The molecule has 1 aliphatic heterocycles. The third-order valence-electron chi connectivity index (χ3n) is 4.79. The quantitative estimate of drug-likeness (QED) is 0.766. The first-order valence-electron chi connectivity index (χ1n) is 8.94. The minimum absolute atomic E-state index is 0.00556. The Labute approximate surface area is 150 Å². The molecule has 1 amide bonds. The molecule has 25 heavy (non-hydrogen) atoms. The van der Waals surface area contributed by atoms with Crippen LogP contribution in [0.2, 0.25) is 0 Å². The molecule has 2 atom stereocenters. The number of rotatable bonds is 7. The first-order chi connectivity index (χ1) is 11.8. The summed E-state index contributed by atoms with van der Waals surface area (Å²) in [5, 5.41) is 3.03. The van der Waals surface area contributed by atoms with Crippen LogP contribution in [0, 0.1) is 5.92 Å². The Kier molecular flexibility index (Phi) is 6.98. The van der Waals surface area contributed by atoms with Gasteiger partial charge in [0.25, 0.3) is 0 Å². The van der Waals surface area contributed by atoms with Gasteiger partial charge in [-0.3, -0.25) is 4.79 Å². The average molecular weight is 368 g/mol. The van der Waals surface area contributed by atoms with Gasteiger partial charge in [0, 0.05) is 25.2 Å². The van der Waals surface area contributed by atoms with E-state index in [0.29, 0.717) is 32.4 Å². The Bertz CT molecular complexity index is 655. The van der Waals surface area contributed by atoms with E-state index in [1.54, 1.807) is 0 Å². The van der Waals surface area contributed by atoms with Crippen LogP contribution in [0.4, 0.5) is 0 Å². The zero-order valence-electron chi connectivity index (χ0n) is 15.0. The molecule has 6 nitrogen and oxygen atoms in total. The van der Waals surface area contributed by atoms with Crippen molar-refractivity contribution in [3.63, 3.8) is 0 Å². The van der Waals surface area contributed by atoms with Crippen molar-refractivity contribution in [2.24, 2.45) is 11.7 Å². The zero-order chi connectivity index (χ0) is 18.4. The molecule has 0 spiro atoms. The number of nitrogens with one attached hydrogen (secondary N) is 1. The van der Waals surface area contributed by atoms with E-state index in [0.717, 1.165) is 5.56 Å². The van der Waals surface area contributed by atoms with Gasteiger partial charge >= 0.3 is 0 Å². The molecular formula is C18H29N3O3S. The van der Waals surface area contributed by atoms with Crippen LogP contribution in [-0.2, 0) is 14.8 Å². The van der Waals surface area contributed by atoms with Gasteiger partial charge < -0.3 is 11.1 Å². The standard InChI is InChI=1S/C18H29N3O3S/c1-3-13-25(23,24)21-11-9-16(10-12-21)20-18(22)14(2)17(19)15-7-5-4-6-8-15/h4-8,14,16-17H,3,9-13,19H2,1-2H3,(H,20,22). The molecule has 1 aliphatic rings. The van der Waals surface area contributed by atoms with Crippen molar-refractivity contribution in [2.75, 3.05) is 18.8 Å². The summed E-state index contributed by atoms with van der Waals surface area (Å²) in [7, 11) is -3.15. The summed E-state index contributed by atoms with van der Waals surface area (Å²) in [4.78, 5) is 12.5. The Hall–Kier alpha value is -1.44. The topological polar surface area (TPSA) is 92.5 Å². The van der Waals surface area contributed by atoms with Gasteiger partial charge in [-0.1, -0.05) is 44.2 Å². The van der Waals surface area contributed by atoms with Gasteiger partial charge in [-0.15, -0.1) is 0 Å². The fourth-order valence-corrected chi connectivity index (χ4v) is 4.67. The highest BCUT2D eigenvalue weighted by Crippen LogP contribution is 2.21. The van der Waals surface area contributed by atoms with Gasteiger partial charge in [-0.2, -0.15) is 0 Å². The monoisotopic (exact) mass is 367 g/mol. The summed E-state index contributed by atoms with van der Waals surface area (Å²) in [6.07, 6.45) is 1.90. The maximum absolute atomic E-state index is 12.5. The zero-order valence-corrected chi connectivity index (χ0v) is 15.8. The number of benzene rings is 1. The van der Waals surface area contributed by atoms with E-state index in [4.69, 9.17) is 5.73 Å². The number of sulfonamides is 1. The Morgan fingerprint density at radius 3 is 2.44 bits per heavy atom. The minimum atomic E-state index is -3.15. The van der Waals surface area contributed by atoms with Crippen LogP contribution >= 0.6 is 0 Å². The number of amides is 1.